The molecule has 3 aromatic rings. The topological polar surface area (TPSA) is 71.7 Å². The molecule has 2 aromatic carbocycles. The number of hydrogen-bond acceptors (Lipinski definition) is 6. The molecular weight excluding hydrogens is 368 g/mol. The van der Waals surface area contributed by atoms with E-state index in [9.17, 15) is 4.79 Å². The van der Waals surface area contributed by atoms with Gasteiger partial charge in [0.2, 0.25) is 5.89 Å². The van der Waals surface area contributed by atoms with Crippen molar-refractivity contribution < 1.29 is 13.9 Å². The molecule has 0 spiro atoms. The summed E-state index contributed by atoms with van der Waals surface area (Å²) in [7, 11) is 1.60. The molecule has 0 N–H and O–H groups in total. The van der Waals surface area contributed by atoms with E-state index in [1.807, 2.05) is 18.2 Å². The number of piperazine rings is 1. The molecule has 2 heterocycles. The van der Waals surface area contributed by atoms with Gasteiger partial charge in [0.05, 0.1) is 7.11 Å². The first-order valence-electron chi connectivity index (χ1n) is 9.65. The molecule has 150 valence electrons. The fourth-order valence-electron chi connectivity index (χ4n) is 3.55. The summed E-state index contributed by atoms with van der Waals surface area (Å²) in [4.78, 5) is 16.9. The smallest absolute Gasteiger partial charge is 0.311 e. The number of aryl methyl sites for hydroxylation is 1. The van der Waals surface area contributed by atoms with Crippen LogP contribution in [0.25, 0.3) is 11.5 Å². The maximum atomic E-state index is 12.8. The van der Waals surface area contributed by atoms with Crippen LogP contribution in [-0.4, -0.2) is 54.3 Å². The van der Waals surface area contributed by atoms with Crippen molar-refractivity contribution in [2.75, 3.05) is 38.2 Å². The maximum Gasteiger partial charge on any atom is 0.311 e. The van der Waals surface area contributed by atoms with Crippen LogP contribution in [0.4, 0.5) is 5.69 Å². The van der Waals surface area contributed by atoms with Gasteiger partial charge >= 0.3 is 11.8 Å². The molecule has 1 saturated heterocycles. The Labute approximate surface area is 169 Å². The molecule has 1 amide bonds. The molecule has 4 rings (SSSR count). The van der Waals surface area contributed by atoms with Crippen molar-refractivity contribution in [3.8, 4) is 17.2 Å². The minimum atomic E-state index is -0.229. The number of anilines is 1. The average Bonchev–Trinajstić information content (AvgIpc) is 3.26. The number of carbonyl (C=O) groups excluding carboxylic acids is 1. The number of carbonyl (C=O) groups is 1. The van der Waals surface area contributed by atoms with Crippen LogP contribution in [0.2, 0.25) is 0 Å². The molecule has 7 nitrogen and oxygen atoms in total. The van der Waals surface area contributed by atoms with Crippen molar-refractivity contribution in [1.82, 2.24) is 15.1 Å². The zero-order valence-corrected chi connectivity index (χ0v) is 16.9. The van der Waals surface area contributed by atoms with Gasteiger partial charge in [0, 0.05) is 37.4 Å². The van der Waals surface area contributed by atoms with Crippen LogP contribution >= 0.6 is 0 Å². The SMILES string of the molecule is COc1cccc(-c2nnc(C(=O)N3CCN(c4cccc(C)c4C)CC3)o2)c1. The fourth-order valence-corrected chi connectivity index (χ4v) is 3.55. The molecule has 0 saturated carbocycles. The van der Waals surface area contributed by atoms with Crippen LogP contribution < -0.4 is 9.64 Å². The van der Waals surface area contributed by atoms with Crippen LogP contribution in [0, 0.1) is 13.8 Å². The predicted octanol–water partition coefficient (Wildman–Crippen LogP) is 3.32. The van der Waals surface area contributed by atoms with E-state index in [0.29, 0.717) is 24.7 Å². The molecule has 0 unspecified atom stereocenters. The monoisotopic (exact) mass is 392 g/mol. The van der Waals surface area contributed by atoms with Crippen molar-refractivity contribution in [1.29, 1.82) is 0 Å². The van der Waals surface area contributed by atoms with Gasteiger partial charge < -0.3 is 19.0 Å². The molecule has 0 bridgehead atoms. The second-order valence-electron chi connectivity index (χ2n) is 7.14. The minimum Gasteiger partial charge on any atom is -0.497 e. The van der Waals surface area contributed by atoms with Crippen LogP contribution in [0.5, 0.6) is 5.75 Å². The van der Waals surface area contributed by atoms with E-state index in [2.05, 4.69) is 47.1 Å². The summed E-state index contributed by atoms with van der Waals surface area (Å²) in [6, 6.07) is 13.6. The van der Waals surface area contributed by atoms with E-state index in [1.165, 1.54) is 16.8 Å². The summed E-state index contributed by atoms with van der Waals surface area (Å²) < 4.78 is 10.9. The Kier molecular flexibility index (Phi) is 5.20. The first-order chi connectivity index (χ1) is 14.1. The molecule has 0 atom stereocenters. The van der Waals surface area contributed by atoms with E-state index >= 15 is 0 Å². The van der Waals surface area contributed by atoms with Gasteiger partial charge in [-0.15, -0.1) is 10.2 Å². The van der Waals surface area contributed by atoms with E-state index < -0.39 is 0 Å². The molecular formula is C22H24N4O3. The lowest BCUT2D eigenvalue weighted by atomic mass is 10.1. The zero-order chi connectivity index (χ0) is 20.4. The first-order valence-corrected chi connectivity index (χ1v) is 9.65. The Morgan fingerprint density at radius 1 is 1.03 bits per heavy atom. The van der Waals surface area contributed by atoms with Crippen molar-refractivity contribution >= 4 is 11.6 Å². The molecule has 1 aliphatic heterocycles. The molecule has 1 fully saturated rings. The fraction of sp³-hybridized carbons (Fsp3) is 0.318. The quantitative estimate of drug-likeness (QED) is 0.678. The molecule has 29 heavy (non-hydrogen) atoms. The molecule has 1 aromatic heterocycles. The molecule has 0 radical (unpaired) electrons. The Bertz CT molecular complexity index is 1020. The van der Waals surface area contributed by atoms with Crippen molar-refractivity contribution in [3.05, 3.63) is 59.5 Å². The second kappa shape index (κ2) is 7.95. The van der Waals surface area contributed by atoms with Gasteiger partial charge in [0.1, 0.15) is 5.75 Å². The number of nitrogens with zero attached hydrogens (tertiary/aromatic N) is 4. The summed E-state index contributed by atoms with van der Waals surface area (Å²) in [6.07, 6.45) is 0. The van der Waals surface area contributed by atoms with Gasteiger partial charge in [-0.1, -0.05) is 18.2 Å². The zero-order valence-electron chi connectivity index (χ0n) is 16.9. The molecule has 1 aliphatic rings. The third kappa shape index (κ3) is 3.81. The predicted molar refractivity (Wildman–Crippen MR) is 110 cm³/mol. The van der Waals surface area contributed by atoms with E-state index in [0.717, 1.165) is 18.7 Å². The minimum absolute atomic E-state index is 0.0167. The van der Waals surface area contributed by atoms with E-state index in [-0.39, 0.29) is 11.8 Å². The Morgan fingerprint density at radius 2 is 1.79 bits per heavy atom. The first kappa shape index (κ1) is 19.0. The lowest BCUT2D eigenvalue weighted by Gasteiger charge is -2.36. The second-order valence-corrected chi connectivity index (χ2v) is 7.14. The number of rotatable bonds is 4. The molecule has 7 heteroatoms. The van der Waals surface area contributed by atoms with Gasteiger partial charge in [-0.25, -0.2) is 0 Å². The maximum absolute atomic E-state index is 12.8. The van der Waals surface area contributed by atoms with Gasteiger partial charge in [0.15, 0.2) is 0 Å². The number of methoxy groups -OCH3 is 1. The lowest BCUT2D eigenvalue weighted by molar-refractivity contribution is 0.0707. The van der Waals surface area contributed by atoms with E-state index in [1.54, 1.807) is 18.1 Å². The third-order valence-electron chi connectivity index (χ3n) is 5.41. The average molecular weight is 392 g/mol. The summed E-state index contributed by atoms with van der Waals surface area (Å²) in [5.41, 5.74) is 4.51. The van der Waals surface area contributed by atoms with Crippen LogP contribution in [0.1, 0.15) is 21.8 Å². The number of ether oxygens (including phenoxy) is 1. The van der Waals surface area contributed by atoms with Crippen molar-refractivity contribution in [2.45, 2.75) is 13.8 Å². The summed E-state index contributed by atoms with van der Waals surface area (Å²) in [5.74, 6) is 0.785. The number of benzene rings is 2. The highest BCUT2D eigenvalue weighted by atomic mass is 16.5. The molecule has 0 aliphatic carbocycles. The number of hydrogen-bond donors (Lipinski definition) is 0. The van der Waals surface area contributed by atoms with E-state index in [4.69, 9.17) is 9.15 Å². The lowest BCUT2D eigenvalue weighted by Crippen LogP contribution is -2.49. The number of amides is 1. The van der Waals surface area contributed by atoms with Gasteiger partial charge in [0.25, 0.3) is 0 Å². The highest BCUT2D eigenvalue weighted by Crippen LogP contribution is 2.25. The van der Waals surface area contributed by atoms with Crippen LogP contribution in [0.15, 0.2) is 46.9 Å². The Hall–Kier alpha value is -3.35. The van der Waals surface area contributed by atoms with Gasteiger partial charge in [-0.2, -0.15) is 0 Å². The Balaban J connectivity index is 1.44. The number of aromatic nitrogens is 2. The van der Waals surface area contributed by atoms with Gasteiger partial charge in [-0.3, -0.25) is 4.79 Å². The van der Waals surface area contributed by atoms with Crippen molar-refractivity contribution in [2.24, 2.45) is 0 Å². The van der Waals surface area contributed by atoms with Crippen molar-refractivity contribution in [3.63, 3.8) is 0 Å². The standard InChI is InChI=1S/C22H24N4O3/c1-15-6-4-9-19(16(15)2)25-10-12-26(13-11-25)22(27)21-24-23-20(29-21)17-7-5-8-18(14-17)28-3/h4-9,14H,10-13H2,1-3H3. The highest BCUT2D eigenvalue weighted by Gasteiger charge is 2.27. The highest BCUT2D eigenvalue weighted by molar-refractivity contribution is 5.90. The summed E-state index contributed by atoms with van der Waals surface area (Å²) in [6.45, 7) is 7.03. The summed E-state index contributed by atoms with van der Waals surface area (Å²) >= 11 is 0. The Morgan fingerprint density at radius 3 is 2.55 bits per heavy atom. The third-order valence-corrected chi connectivity index (χ3v) is 5.41. The summed E-state index contributed by atoms with van der Waals surface area (Å²) in [5, 5.41) is 8.00. The van der Waals surface area contributed by atoms with Crippen LogP contribution in [0.3, 0.4) is 0 Å². The van der Waals surface area contributed by atoms with Gasteiger partial charge in [-0.05, 0) is 49.2 Å². The normalized spacial score (nSPS) is 14.2. The van der Waals surface area contributed by atoms with Crippen LogP contribution in [-0.2, 0) is 0 Å². The largest absolute Gasteiger partial charge is 0.497 e.